The van der Waals surface area contributed by atoms with Crippen LogP contribution in [-0.2, 0) is 11.3 Å². The zero-order valence-corrected chi connectivity index (χ0v) is 19.3. The molecule has 3 atom stereocenters. The second-order valence-electron chi connectivity index (χ2n) is 9.49. The van der Waals surface area contributed by atoms with Gasteiger partial charge in [0.15, 0.2) is 0 Å². The van der Waals surface area contributed by atoms with Crippen molar-refractivity contribution in [3.63, 3.8) is 0 Å². The maximum absolute atomic E-state index is 12.8. The second-order valence-corrected chi connectivity index (χ2v) is 10.3. The van der Waals surface area contributed by atoms with Crippen LogP contribution in [0.2, 0.25) is 10.0 Å². The highest BCUT2D eigenvalue weighted by Gasteiger charge is 2.62. The number of anilines is 1. The highest BCUT2D eigenvalue weighted by molar-refractivity contribution is 6.35. The van der Waals surface area contributed by atoms with Crippen molar-refractivity contribution in [3.05, 3.63) is 51.5 Å². The normalized spacial score (nSPS) is 26.1. The topological polar surface area (TPSA) is 78.8 Å². The number of esters is 1. The maximum Gasteiger partial charge on any atom is 0.342 e. The number of ether oxygens (including phenoxy) is 1. The molecular formula is C24H27Cl2NO4. The number of benzene rings is 2. The lowest BCUT2D eigenvalue weighted by molar-refractivity contribution is -0.0244. The molecule has 0 saturated heterocycles. The van der Waals surface area contributed by atoms with Crippen molar-refractivity contribution in [1.29, 1.82) is 0 Å². The number of phenolic OH excluding ortho intramolecular Hbond substituents is 2. The molecule has 3 unspecified atom stereocenters. The van der Waals surface area contributed by atoms with Crippen LogP contribution >= 0.6 is 23.2 Å². The molecule has 166 valence electrons. The molecule has 0 aliphatic heterocycles. The molecule has 4 rings (SSSR count). The first kappa shape index (κ1) is 22.1. The highest BCUT2D eigenvalue weighted by Crippen LogP contribution is 2.66. The molecule has 5 nitrogen and oxygen atoms in total. The summed E-state index contributed by atoms with van der Waals surface area (Å²) >= 11 is 11.9. The lowest BCUT2D eigenvalue weighted by Gasteiger charge is -2.38. The van der Waals surface area contributed by atoms with Crippen LogP contribution in [0.3, 0.4) is 0 Å². The van der Waals surface area contributed by atoms with Crippen LogP contribution in [-0.4, -0.2) is 22.3 Å². The van der Waals surface area contributed by atoms with E-state index in [9.17, 15) is 15.0 Å². The predicted octanol–water partition coefficient (Wildman–Crippen LogP) is 6.39. The van der Waals surface area contributed by atoms with Crippen LogP contribution in [0.5, 0.6) is 11.5 Å². The molecule has 2 aliphatic carbocycles. The number of rotatable bonds is 5. The highest BCUT2D eigenvalue weighted by atomic mass is 35.5. The van der Waals surface area contributed by atoms with Gasteiger partial charge in [-0.1, -0.05) is 44.0 Å². The Labute approximate surface area is 192 Å². The van der Waals surface area contributed by atoms with E-state index in [4.69, 9.17) is 27.9 Å². The Morgan fingerprint density at radius 2 is 1.94 bits per heavy atom. The van der Waals surface area contributed by atoms with Gasteiger partial charge >= 0.3 is 5.97 Å². The molecule has 2 aliphatic rings. The molecule has 7 heteroatoms. The smallest absolute Gasteiger partial charge is 0.342 e. The van der Waals surface area contributed by atoms with Gasteiger partial charge in [0.05, 0.1) is 5.02 Å². The van der Waals surface area contributed by atoms with Crippen LogP contribution in [0, 0.1) is 16.7 Å². The fourth-order valence-electron chi connectivity index (χ4n) is 5.27. The van der Waals surface area contributed by atoms with Crippen molar-refractivity contribution in [2.75, 3.05) is 5.32 Å². The number of halogens is 2. The van der Waals surface area contributed by atoms with E-state index in [1.807, 2.05) is 0 Å². The van der Waals surface area contributed by atoms with Gasteiger partial charge < -0.3 is 20.3 Å². The van der Waals surface area contributed by atoms with E-state index >= 15 is 0 Å². The lowest BCUT2D eigenvalue weighted by Crippen LogP contribution is -2.38. The van der Waals surface area contributed by atoms with Crippen molar-refractivity contribution in [3.8, 4) is 11.5 Å². The summed E-state index contributed by atoms with van der Waals surface area (Å²) in [5, 5.41) is 24.2. The van der Waals surface area contributed by atoms with Crippen molar-refractivity contribution < 1.29 is 19.7 Å². The van der Waals surface area contributed by atoms with Gasteiger partial charge in [0.1, 0.15) is 23.2 Å². The van der Waals surface area contributed by atoms with Gasteiger partial charge in [-0.3, -0.25) is 0 Å². The Kier molecular flexibility index (Phi) is 5.55. The zero-order valence-electron chi connectivity index (χ0n) is 17.8. The molecule has 0 amide bonds. The van der Waals surface area contributed by atoms with E-state index in [1.54, 1.807) is 18.2 Å². The van der Waals surface area contributed by atoms with Crippen LogP contribution in [0.25, 0.3) is 0 Å². The lowest BCUT2D eigenvalue weighted by atomic mass is 9.70. The fraction of sp³-hybridized carbons (Fsp3) is 0.458. The summed E-state index contributed by atoms with van der Waals surface area (Å²) in [5.74, 6) is -0.147. The monoisotopic (exact) mass is 463 g/mol. The minimum Gasteiger partial charge on any atom is -0.507 e. The van der Waals surface area contributed by atoms with Gasteiger partial charge in [-0.05, 0) is 54.9 Å². The third-order valence-corrected chi connectivity index (χ3v) is 8.28. The van der Waals surface area contributed by atoms with E-state index < -0.39 is 5.97 Å². The van der Waals surface area contributed by atoms with E-state index in [1.165, 1.54) is 18.6 Å². The number of aromatic hydroxyl groups is 2. The molecule has 2 saturated carbocycles. The van der Waals surface area contributed by atoms with Crippen molar-refractivity contribution in [2.45, 2.75) is 52.7 Å². The maximum atomic E-state index is 12.8. The Morgan fingerprint density at radius 1 is 1.19 bits per heavy atom. The second kappa shape index (κ2) is 7.79. The average Bonchev–Trinajstić information content (AvgIpc) is 3.03. The standard InChI is InChI=1S/C24H27Cl2NO4/c1-23(2)14-6-7-24(23,3)20(9-14)31-22(30)17-5-4-16(11-19(17)28)27-12-13-8-15(25)10-18(26)21(13)29/h4-5,8,10-11,14,20,27-29H,6-7,9,12H2,1-3H3. The Bertz CT molecular complexity index is 1040. The quantitative estimate of drug-likeness (QED) is 0.447. The Hall–Kier alpha value is -2.11. The minimum absolute atomic E-state index is 0.0370. The van der Waals surface area contributed by atoms with E-state index in [0.29, 0.717) is 22.2 Å². The van der Waals surface area contributed by atoms with Gasteiger partial charge in [0.25, 0.3) is 0 Å². The number of phenols is 2. The van der Waals surface area contributed by atoms with Gasteiger partial charge in [0.2, 0.25) is 0 Å². The summed E-state index contributed by atoms with van der Waals surface area (Å²) in [6.07, 6.45) is 2.97. The molecule has 2 fully saturated rings. The van der Waals surface area contributed by atoms with Crippen LogP contribution in [0.1, 0.15) is 56.0 Å². The summed E-state index contributed by atoms with van der Waals surface area (Å²) in [7, 11) is 0. The van der Waals surface area contributed by atoms with Gasteiger partial charge in [0, 0.05) is 34.3 Å². The Balaban J connectivity index is 1.44. The average molecular weight is 464 g/mol. The van der Waals surface area contributed by atoms with E-state index in [-0.39, 0.29) is 45.6 Å². The summed E-state index contributed by atoms with van der Waals surface area (Å²) in [5.41, 5.74) is 1.35. The van der Waals surface area contributed by atoms with Crippen molar-refractivity contribution >= 4 is 34.9 Å². The van der Waals surface area contributed by atoms with Crippen LogP contribution < -0.4 is 5.32 Å². The third-order valence-electron chi connectivity index (χ3n) is 7.77. The molecule has 0 heterocycles. The van der Waals surface area contributed by atoms with E-state index in [0.717, 1.165) is 12.8 Å². The summed E-state index contributed by atoms with van der Waals surface area (Å²) in [4.78, 5) is 12.8. The largest absolute Gasteiger partial charge is 0.507 e. The molecule has 2 bridgehead atoms. The first-order valence-corrected chi connectivity index (χ1v) is 11.2. The predicted molar refractivity (Wildman–Crippen MR) is 122 cm³/mol. The molecule has 0 spiro atoms. The molecule has 0 aromatic heterocycles. The molecule has 31 heavy (non-hydrogen) atoms. The molecular weight excluding hydrogens is 437 g/mol. The first-order chi connectivity index (χ1) is 14.5. The summed E-state index contributed by atoms with van der Waals surface area (Å²) in [6, 6.07) is 7.77. The molecule has 2 aromatic rings. The van der Waals surface area contributed by atoms with Crippen LogP contribution in [0.4, 0.5) is 5.69 Å². The van der Waals surface area contributed by atoms with Gasteiger partial charge in [-0.2, -0.15) is 0 Å². The first-order valence-electron chi connectivity index (χ1n) is 10.5. The number of nitrogens with one attached hydrogen (secondary N) is 1. The van der Waals surface area contributed by atoms with Gasteiger partial charge in [-0.25, -0.2) is 4.79 Å². The number of carbonyl (C=O) groups excluding carboxylic acids is 1. The number of hydrogen-bond acceptors (Lipinski definition) is 5. The number of hydrogen-bond donors (Lipinski definition) is 3. The van der Waals surface area contributed by atoms with Crippen LogP contribution in [0.15, 0.2) is 30.3 Å². The number of carbonyl (C=O) groups is 1. The molecule has 3 N–H and O–H groups in total. The van der Waals surface area contributed by atoms with Gasteiger partial charge in [-0.15, -0.1) is 0 Å². The fourth-order valence-corrected chi connectivity index (χ4v) is 5.80. The van der Waals surface area contributed by atoms with Crippen molar-refractivity contribution in [1.82, 2.24) is 0 Å². The zero-order chi connectivity index (χ0) is 22.6. The Morgan fingerprint density at radius 3 is 2.55 bits per heavy atom. The van der Waals surface area contributed by atoms with Crippen molar-refractivity contribution in [2.24, 2.45) is 16.7 Å². The molecule has 2 aromatic carbocycles. The molecule has 0 radical (unpaired) electrons. The minimum atomic E-state index is -0.502. The number of fused-ring (bicyclic) bond motifs is 2. The summed E-state index contributed by atoms with van der Waals surface area (Å²) in [6.45, 7) is 6.98. The SMILES string of the molecule is CC1(C)C2CCC1(C)C(OC(=O)c1ccc(NCc3cc(Cl)cc(Cl)c3O)cc1O)C2. The third kappa shape index (κ3) is 3.72. The summed E-state index contributed by atoms with van der Waals surface area (Å²) < 4.78 is 5.88. The van der Waals surface area contributed by atoms with E-state index in [2.05, 4.69) is 26.1 Å².